The molecule has 1 aromatic carbocycles. The molecule has 0 atom stereocenters. The molecule has 3 aromatic rings. The number of hydrogen-bond acceptors (Lipinski definition) is 6. The number of amides is 1. The SMILES string of the molecule is O=C(NCCC1CC1)c1cc(-c2ncnc(Nc3ccccc3)n2)ccn1. The molecule has 0 radical (unpaired) electrons. The summed E-state index contributed by atoms with van der Waals surface area (Å²) < 4.78 is 0. The standard InChI is InChI=1S/C20H20N6O/c27-19(22-10-8-14-6-7-14)17-12-15(9-11-21-17)18-23-13-24-20(26-18)25-16-4-2-1-3-5-16/h1-5,9,11-14H,6-8,10H2,(H,22,27)(H,23,24,25,26). The predicted octanol–water partition coefficient (Wildman–Crippen LogP) is 3.21. The fourth-order valence-corrected chi connectivity index (χ4v) is 2.73. The molecule has 7 heteroatoms. The van der Waals surface area contributed by atoms with Gasteiger partial charge in [0.05, 0.1) is 0 Å². The molecule has 1 aliphatic carbocycles. The van der Waals surface area contributed by atoms with Crippen molar-refractivity contribution in [1.29, 1.82) is 0 Å². The minimum absolute atomic E-state index is 0.172. The zero-order valence-electron chi connectivity index (χ0n) is 14.8. The summed E-state index contributed by atoms with van der Waals surface area (Å²) in [6, 6.07) is 13.2. The summed E-state index contributed by atoms with van der Waals surface area (Å²) in [5.41, 5.74) is 1.97. The van der Waals surface area contributed by atoms with Crippen LogP contribution >= 0.6 is 0 Å². The van der Waals surface area contributed by atoms with Gasteiger partial charge < -0.3 is 10.6 Å². The lowest BCUT2D eigenvalue weighted by molar-refractivity contribution is 0.0948. The number of benzene rings is 1. The molecule has 0 bridgehead atoms. The second-order valence-corrected chi connectivity index (χ2v) is 6.54. The van der Waals surface area contributed by atoms with Crippen LogP contribution in [-0.4, -0.2) is 32.4 Å². The van der Waals surface area contributed by atoms with Gasteiger partial charge in [-0.25, -0.2) is 9.97 Å². The molecule has 1 aliphatic rings. The Hall–Kier alpha value is -3.35. The molecule has 0 aliphatic heterocycles. The van der Waals surface area contributed by atoms with Crippen LogP contribution in [0.3, 0.4) is 0 Å². The summed E-state index contributed by atoms with van der Waals surface area (Å²) in [6.45, 7) is 0.687. The summed E-state index contributed by atoms with van der Waals surface area (Å²) >= 11 is 0. The van der Waals surface area contributed by atoms with Gasteiger partial charge in [0.15, 0.2) is 5.82 Å². The normalized spacial score (nSPS) is 13.2. The van der Waals surface area contributed by atoms with Gasteiger partial charge in [-0.15, -0.1) is 0 Å². The average Bonchev–Trinajstić information content (AvgIpc) is 3.53. The zero-order valence-corrected chi connectivity index (χ0v) is 14.8. The van der Waals surface area contributed by atoms with Crippen LogP contribution in [0.15, 0.2) is 55.0 Å². The highest BCUT2D eigenvalue weighted by Crippen LogP contribution is 2.31. The summed E-state index contributed by atoms with van der Waals surface area (Å²) in [6.07, 6.45) is 6.64. The number of rotatable bonds is 7. The third kappa shape index (κ3) is 4.63. The Kier molecular flexibility index (Phi) is 5.00. The molecule has 2 heterocycles. The van der Waals surface area contributed by atoms with E-state index in [1.165, 1.54) is 19.2 Å². The van der Waals surface area contributed by atoms with Crippen LogP contribution < -0.4 is 10.6 Å². The molecule has 1 saturated carbocycles. The number of carbonyl (C=O) groups excluding carboxylic acids is 1. The Labute approximate surface area is 157 Å². The van der Waals surface area contributed by atoms with Crippen LogP contribution in [0.25, 0.3) is 11.4 Å². The predicted molar refractivity (Wildman–Crippen MR) is 102 cm³/mol. The summed E-state index contributed by atoms with van der Waals surface area (Å²) in [5, 5.41) is 6.06. The maximum absolute atomic E-state index is 12.3. The number of pyridine rings is 1. The first-order chi connectivity index (χ1) is 13.3. The Bertz CT molecular complexity index is 927. The van der Waals surface area contributed by atoms with E-state index in [9.17, 15) is 4.79 Å². The molecule has 0 spiro atoms. The second kappa shape index (κ2) is 7.90. The van der Waals surface area contributed by atoms with Gasteiger partial charge in [-0.05, 0) is 36.6 Å². The largest absolute Gasteiger partial charge is 0.351 e. The highest BCUT2D eigenvalue weighted by atomic mass is 16.1. The van der Waals surface area contributed by atoms with Crippen LogP contribution in [-0.2, 0) is 0 Å². The van der Waals surface area contributed by atoms with Crippen LogP contribution in [0.2, 0.25) is 0 Å². The van der Waals surface area contributed by atoms with E-state index in [0.29, 0.717) is 24.0 Å². The van der Waals surface area contributed by atoms with E-state index >= 15 is 0 Å². The van der Waals surface area contributed by atoms with Crippen molar-refractivity contribution < 1.29 is 4.79 Å². The van der Waals surface area contributed by atoms with Crippen molar-refractivity contribution in [2.75, 3.05) is 11.9 Å². The van der Waals surface area contributed by atoms with Crippen molar-refractivity contribution in [1.82, 2.24) is 25.3 Å². The molecule has 136 valence electrons. The molecule has 4 rings (SSSR count). The van der Waals surface area contributed by atoms with E-state index in [4.69, 9.17) is 0 Å². The number of para-hydroxylation sites is 1. The number of nitrogens with one attached hydrogen (secondary N) is 2. The van der Waals surface area contributed by atoms with Gasteiger partial charge >= 0.3 is 0 Å². The van der Waals surface area contributed by atoms with Crippen LogP contribution in [0.4, 0.5) is 11.6 Å². The third-order valence-corrected chi connectivity index (χ3v) is 4.39. The molecule has 0 unspecified atom stereocenters. The number of hydrogen-bond donors (Lipinski definition) is 2. The lowest BCUT2D eigenvalue weighted by Crippen LogP contribution is -2.25. The fourth-order valence-electron chi connectivity index (χ4n) is 2.73. The van der Waals surface area contributed by atoms with Gasteiger partial charge in [0.1, 0.15) is 12.0 Å². The topological polar surface area (TPSA) is 92.7 Å². The van der Waals surface area contributed by atoms with E-state index < -0.39 is 0 Å². The van der Waals surface area contributed by atoms with Crippen molar-refractivity contribution >= 4 is 17.5 Å². The first-order valence-electron chi connectivity index (χ1n) is 9.04. The van der Waals surface area contributed by atoms with Crippen molar-refractivity contribution in [3.05, 3.63) is 60.7 Å². The van der Waals surface area contributed by atoms with Crippen LogP contribution in [0, 0.1) is 5.92 Å². The van der Waals surface area contributed by atoms with Crippen molar-refractivity contribution in [2.45, 2.75) is 19.3 Å². The number of nitrogens with zero attached hydrogens (tertiary/aromatic N) is 4. The van der Waals surface area contributed by atoms with Gasteiger partial charge in [-0.3, -0.25) is 9.78 Å². The zero-order chi connectivity index (χ0) is 18.5. The third-order valence-electron chi connectivity index (χ3n) is 4.39. The fraction of sp³-hybridized carbons (Fsp3) is 0.250. The molecule has 1 fully saturated rings. The van der Waals surface area contributed by atoms with Gasteiger partial charge in [0.2, 0.25) is 5.95 Å². The molecule has 2 aromatic heterocycles. The first-order valence-corrected chi connectivity index (χ1v) is 9.04. The monoisotopic (exact) mass is 360 g/mol. The van der Waals surface area contributed by atoms with Crippen molar-refractivity contribution in [3.8, 4) is 11.4 Å². The van der Waals surface area contributed by atoms with Crippen LogP contribution in [0.1, 0.15) is 29.8 Å². The Balaban J connectivity index is 1.47. The lowest BCUT2D eigenvalue weighted by atomic mass is 10.2. The number of anilines is 2. The van der Waals surface area contributed by atoms with E-state index in [0.717, 1.165) is 23.6 Å². The molecule has 27 heavy (non-hydrogen) atoms. The number of aromatic nitrogens is 4. The highest BCUT2D eigenvalue weighted by molar-refractivity contribution is 5.93. The maximum atomic E-state index is 12.3. The van der Waals surface area contributed by atoms with Crippen LogP contribution in [0.5, 0.6) is 0 Å². The molecule has 1 amide bonds. The Morgan fingerprint density at radius 1 is 1.07 bits per heavy atom. The van der Waals surface area contributed by atoms with E-state index in [1.54, 1.807) is 18.3 Å². The Morgan fingerprint density at radius 2 is 1.93 bits per heavy atom. The average molecular weight is 360 g/mol. The second-order valence-electron chi connectivity index (χ2n) is 6.54. The molecule has 2 N–H and O–H groups in total. The molecule has 7 nitrogen and oxygen atoms in total. The van der Waals surface area contributed by atoms with E-state index in [1.807, 2.05) is 30.3 Å². The van der Waals surface area contributed by atoms with E-state index in [-0.39, 0.29) is 5.91 Å². The minimum Gasteiger partial charge on any atom is -0.351 e. The molecule has 0 saturated heterocycles. The van der Waals surface area contributed by atoms with Gasteiger partial charge in [-0.2, -0.15) is 4.98 Å². The molecular weight excluding hydrogens is 340 g/mol. The van der Waals surface area contributed by atoms with E-state index in [2.05, 4.69) is 30.6 Å². The number of carbonyl (C=O) groups is 1. The summed E-state index contributed by atoms with van der Waals surface area (Å²) in [4.78, 5) is 29.3. The van der Waals surface area contributed by atoms with Gasteiger partial charge in [0.25, 0.3) is 5.91 Å². The summed E-state index contributed by atoms with van der Waals surface area (Å²) in [5.74, 6) is 1.54. The Morgan fingerprint density at radius 3 is 2.74 bits per heavy atom. The van der Waals surface area contributed by atoms with Crippen molar-refractivity contribution in [2.24, 2.45) is 5.92 Å². The van der Waals surface area contributed by atoms with Crippen molar-refractivity contribution in [3.63, 3.8) is 0 Å². The minimum atomic E-state index is -0.172. The van der Waals surface area contributed by atoms with Gasteiger partial charge in [0, 0.05) is 24.0 Å². The lowest BCUT2D eigenvalue weighted by Gasteiger charge is -2.07. The highest BCUT2D eigenvalue weighted by Gasteiger charge is 2.21. The first kappa shape index (κ1) is 17.1. The quantitative estimate of drug-likeness (QED) is 0.672. The van der Waals surface area contributed by atoms with Gasteiger partial charge in [-0.1, -0.05) is 31.0 Å². The maximum Gasteiger partial charge on any atom is 0.269 e. The molecular formula is C20H20N6O. The summed E-state index contributed by atoms with van der Waals surface area (Å²) in [7, 11) is 0. The smallest absolute Gasteiger partial charge is 0.269 e.